The lowest BCUT2D eigenvalue weighted by atomic mass is 10.1. The molecule has 1 atom stereocenters. The van der Waals surface area contributed by atoms with E-state index >= 15 is 0 Å². The summed E-state index contributed by atoms with van der Waals surface area (Å²) in [6.07, 6.45) is 0.0384. The first kappa shape index (κ1) is 14.5. The van der Waals surface area contributed by atoms with E-state index in [1.165, 1.54) is 0 Å². The van der Waals surface area contributed by atoms with Crippen LogP contribution in [0.5, 0.6) is 12.0 Å². The van der Waals surface area contributed by atoms with Gasteiger partial charge in [0, 0.05) is 7.05 Å². The molecule has 1 rings (SSSR count). The minimum atomic E-state index is 0.00692. The molecule has 0 radical (unpaired) electrons. The normalized spacial score (nSPS) is 12.7. The Morgan fingerprint density at radius 3 is 1.89 bits per heavy atom. The molecule has 0 aromatic carbocycles. The summed E-state index contributed by atoms with van der Waals surface area (Å²) in [5, 5.41) is 2.86. The van der Waals surface area contributed by atoms with Crippen molar-refractivity contribution in [1.82, 2.24) is 15.0 Å². The molecule has 0 saturated carbocycles. The Balaban J connectivity index is 2.89. The van der Waals surface area contributed by atoms with Crippen molar-refractivity contribution in [3.05, 3.63) is 0 Å². The lowest BCUT2D eigenvalue weighted by molar-refractivity contribution is 0.149. The third-order valence-corrected chi connectivity index (χ3v) is 2.39. The van der Waals surface area contributed by atoms with Crippen LogP contribution in [-0.4, -0.2) is 34.2 Å². The zero-order valence-electron chi connectivity index (χ0n) is 11.9. The van der Waals surface area contributed by atoms with Gasteiger partial charge in [-0.1, -0.05) is 13.8 Å². The Morgan fingerprint density at radius 2 is 1.44 bits per heavy atom. The first-order valence-corrected chi connectivity index (χ1v) is 6.19. The fraction of sp³-hybridized carbons (Fsp3) is 0.750. The summed E-state index contributed by atoms with van der Waals surface area (Å²) in [5.41, 5.74) is 0. The summed E-state index contributed by atoms with van der Waals surface area (Å²) in [6.45, 7) is 9.98. The number of hydrogen-bond acceptors (Lipinski definition) is 6. The molecule has 0 amide bonds. The van der Waals surface area contributed by atoms with E-state index in [4.69, 9.17) is 9.47 Å². The van der Waals surface area contributed by atoms with E-state index in [1.54, 1.807) is 7.05 Å². The van der Waals surface area contributed by atoms with E-state index in [9.17, 15) is 0 Å². The topological polar surface area (TPSA) is 69.2 Å². The van der Waals surface area contributed by atoms with Gasteiger partial charge in [0.05, 0.1) is 6.10 Å². The number of hydrogen-bond donors (Lipinski definition) is 1. The van der Waals surface area contributed by atoms with E-state index < -0.39 is 0 Å². The molecule has 0 aliphatic heterocycles. The van der Waals surface area contributed by atoms with E-state index in [1.807, 2.05) is 20.8 Å². The van der Waals surface area contributed by atoms with Gasteiger partial charge >= 0.3 is 12.0 Å². The highest BCUT2D eigenvalue weighted by atomic mass is 16.5. The predicted molar refractivity (Wildman–Crippen MR) is 70.1 cm³/mol. The van der Waals surface area contributed by atoms with Gasteiger partial charge in [0.2, 0.25) is 5.95 Å². The highest BCUT2D eigenvalue weighted by Gasteiger charge is 2.14. The van der Waals surface area contributed by atoms with Gasteiger partial charge in [0.1, 0.15) is 6.10 Å². The van der Waals surface area contributed by atoms with Crippen LogP contribution < -0.4 is 14.8 Å². The molecule has 0 aliphatic rings. The van der Waals surface area contributed by atoms with Crippen molar-refractivity contribution in [1.29, 1.82) is 0 Å². The van der Waals surface area contributed by atoms with Crippen molar-refractivity contribution in [3.63, 3.8) is 0 Å². The predicted octanol–water partition coefficient (Wildman–Crippen LogP) is 2.12. The monoisotopic (exact) mass is 254 g/mol. The Kier molecular flexibility index (Phi) is 5.12. The number of nitrogens with zero attached hydrogens (tertiary/aromatic N) is 3. The fourth-order valence-corrected chi connectivity index (χ4v) is 1.07. The molecular weight excluding hydrogens is 232 g/mol. The third kappa shape index (κ3) is 4.35. The van der Waals surface area contributed by atoms with Crippen molar-refractivity contribution in [2.75, 3.05) is 12.4 Å². The Labute approximate surface area is 108 Å². The van der Waals surface area contributed by atoms with Gasteiger partial charge in [-0.2, -0.15) is 9.97 Å². The summed E-state index contributed by atoms with van der Waals surface area (Å²) in [5.74, 6) is 0.820. The standard InChI is InChI=1S/C12H22N4O2/c1-7(2)9(5)18-12-15-10(13-6)14-11(16-12)17-8(3)4/h7-9H,1-6H3,(H,13,14,15,16). The third-order valence-electron chi connectivity index (χ3n) is 2.39. The van der Waals surface area contributed by atoms with E-state index in [-0.39, 0.29) is 24.2 Å². The maximum absolute atomic E-state index is 5.66. The fourth-order valence-electron chi connectivity index (χ4n) is 1.07. The van der Waals surface area contributed by atoms with Gasteiger partial charge < -0.3 is 14.8 Å². The second kappa shape index (κ2) is 6.37. The molecule has 0 spiro atoms. The molecule has 0 fully saturated rings. The van der Waals surface area contributed by atoms with Crippen LogP contribution >= 0.6 is 0 Å². The van der Waals surface area contributed by atoms with Gasteiger partial charge in [0.25, 0.3) is 0 Å². The van der Waals surface area contributed by atoms with Crippen LogP contribution in [0.15, 0.2) is 0 Å². The second-order valence-corrected chi connectivity index (χ2v) is 4.71. The van der Waals surface area contributed by atoms with Gasteiger partial charge in [-0.3, -0.25) is 0 Å². The Hall–Kier alpha value is -1.59. The minimum Gasteiger partial charge on any atom is -0.461 e. The zero-order valence-corrected chi connectivity index (χ0v) is 11.9. The molecule has 0 bridgehead atoms. The highest BCUT2D eigenvalue weighted by Crippen LogP contribution is 2.16. The summed E-state index contributed by atoms with van der Waals surface area (Å²) in [6, 6.07) is 0.557. The number of rotatable bonds is 6. The average Bonchev–Trinajstić information content (AvgIpc) is 2.27. The lowest BCUT2D eigenvalue weighted by Gasteiger charge is -2.17. The number of nitrogens with one attached hydrogen (secondary N) is 1. The summed E-state index contributed by atoms with van der Waals surface area (Å²) >= 11 is 0. The number of aromatic nitrogens is 3. The molecule has 6 nitrogen and oxygen atoms in total. The maximum atomic E-state index is 5.66. The molecule has 1 heterocycles. The second-order valence-electron chi connectivity index (χ2n) is 4.71. The molecule has 102 valence electrons. The molecular formula is C12H22N4O2. The largest absolute Gasteiger partial charge is 0.461 e. The van der Waals surface area contributed by atoms with E-state index in [2.05, 4.69) is 34.1 Å². The van der Waals surface area contributed by atoms with Crippen molar-refractivity contribution in [2.24, 2.45) is 5.92 Å². The van der Waals surface area contributed by atoms with Crippen LogP contribution in [0.2, 0.25) is 0 Å². The number of ether oxygens (including phenoxy) is 2. The first-order valence-electron chi connectivity index (χ1n) is 6.19. The summed E-state index contributed by atoms with van der Waals surface area (Å²) < 4.78 is 11.1. The van der Waals surface area contributed by atoms with Gasteiger partial charge in [-0.25, -0.2) is 0 Å². The van der Waals surface area contributed by atoms with Crippen molar-refractivity contribution in [3.8, 4) is 12.0 Å². The molecule has 1 aromatic heterocycles. The van der Waals surface area contributed by atoms with Crippen LogP contribution in [0.3, 0.4) is 0 Å². The molecule has 0 aliphatic carbocycles. The molecule has 1 N–H and O–H groups in total. The number of anilines is 1. The quantitative estimate of drug-likeness (QED) is 0.838. The van der Waals surface area contributed by atoms with Crippen LogP contribution in [-0.2, 0) is 0 Å². The van der Waals surface area contributed by atoms with Crippen LogP contribution in [0, 0.1) is 5.92 Å². The summed E-state index contributed by atoms with van der Waals surface area (Å²) in [4.78, 5) is 12.4. The molecule has 1 aromatic rings. The Bertz CT molecular complexity index is 382. The minimum absolute atomic E-state index is 0.00692. The lowest BCUT2D eigenvalue weighted by Crippen LogP contribution is -2.21. The van der Waals surface area contributed by atoms with Crippen molar-refractivity contribution >= 4 is 5.95 Å². The highest BCUT2D eigenvalue weighted by molar-refractivity contribution is 5.26. The molecule has 6 heteroatoms. The maximum Gasteiger partial charge on any atom is 0.324 e. The zero-order chi connectivity index (χ0) is 13.7. The molecule has 1 unspecified atom stereocenters. The van der Waals surface area contributed by atoms with Crippen molar-refractivity contribution in [2.45, 2.75) is 46.8 Å². The van der Waals surface area contributed by atoms with E-state index in [0.717, 1.165) is 0 Å². The molecule has 0 saturated heterocycles. The van der Waals surface area contributed by atoms with Crippen LogP contribution in [0.25, 0.3) is 0 Å². The average molecular weight is 254 g/mol. The van der Waals surface area contributed by atoms with Crippen LogP contribution in [0.1, 0.15) is 34.6 Å². The first-order chi connectivity index (χ1) is 8.42. The van der Waals surface area contributed by atoms with E-state index in [0.29, 0.717) is 11.9 Å². The smallest absolute Gasteiger partial charge is 0.324 e. The Morgan fingerprint density at radius 1 is 0.889 bits per heavy atom. The van der Waals surface area contributed by atoms with Gasteiger partial charge in [-0.15, -0.1) is 4.98 Å². The SMILES string of the molecule is CNc1nc(OC(C)C)nc(OC(C)C(C)C)n1. The molecule has 18 heavy (non-hydrogen) atoms. The van der Waals surface area contributed by atoms with Gasteiger partial charge in [-0.05, 0) is 26.7 Å². The van der Waals surface area contributed by atoms with Gasteiger partial charge in [0.15, 0.2) is 0 Å². The van der Waals surface area contributed by atoms with Crippen LogP contribution in [0.4, 0.5) is 5.95 Å². The summed E-state index contributed by atoms with van der Waals surface area (Å²) in [7, 11) is 1.74. The van der Waals surface area contributed by atoms with Crippen molar-refractivity contribution < 1.29 is 9.47 Å².